The van der Waals surface area contributed by atoms with Crippen molar-refractivity contribution in [3.63, 3.8) is 0 Å². The van der Waals surface area contributed by atoms with Crippen LogP contribution in [0.25, 0.3) is 0 Å². The molecule has 1 aromatic carbocycles. The number of thiophene rings is 1. The van der Waals surface area contributed by atoms with Gasteiger partial charge in [0.1, 0.15) is 16.9 Å². The van der Waals surface area contributed by atoms with Crippen LogP contribution in [0.1, 0.15) is 63.3 Å². The van der Waals surface area contributed by atoms with Crippen LogP contribution in [0.2, 0.25) is 0 Å². The highest BCUT2D eigenvalue weighted by Gasteiger charge is 2.33. The van der Waals surface area contributed by atoms with E-state index in [1.807, 2.05) is 12.1 Å². The third-order valence-electron chi connectivity index (χ3n) is 6.54. The summed E-state index contributed by atoms with van der Waals surface area (Å²) in [4.78, 5) is 48.6. The first-order chi connectivity index (χ1) is 17.0. The van der Waals surface area contributed by atoms with Crippen molar-refractivity contribution in [2.24, 2.45) is 4.99 Å². The standard InChI is InChI=1S/C26H29N5O3S/c1-29(15-20-9-4-3-8-19(20)14-27)26(34)24-23(28-18-30-11-5-2-6-12-30)22(17-35-24)25(33)31-13-7-10-21(31)16-32/h3-4,8-9,16-18,21H,2,5-7,10-13,15H2,1H3. The summed E-state index contributed by atoms with van der Waals surface area (Å²) in [6.45, 7) is 2.56. The van der Waals surface area contributed by atoms with Gasteiger partial charge in [-0.3, -0.25) is 9.59 Å². The summed E-state index contributed by atoms with van der Waals surface area (Å²) >= 11 is 1.19. The van der Waals surface area contributed by atoms with Crippen molar-refractivity contribution in [2.75, 3.05) is 26.7 Å². The van der Waals surface area contributed by atoms with Gasteiger partial charge in [-0.15, -0.1) is 11.3 Å². The smallest absolute Gasteiger partial charge is 0.266 e. The number of hydrogen-bond acceptors (Lipinski definition) is 6. The van der Waals surface area contributed by atoms with Crippen molar-refractivity contribution in [2.45, 2.75) is 44.7 Å². The summed E-state index contributed by atoms with van der Waals surface area (Å²) in [6.07, 6.45) is 7.35. The van der Waals surface area contributed by atoms with Gasteiger partial charge in [0, 0.05) is 38.6 Å². The Morgan fingerprint density at radius 1 is 1.20 bits per heavy atom. The minimum atomic E-state index is -0.439. The van der Waals surface area contributed by atoms with E-state index in [2.05, 4.69) is 16.0 Å². The van der Waals surface area contributed by atoms with Crippen molar-refractivity contribution in [3.05, 3.63) is 51.2 Å². The van der Waals surface area contributed by atoms with Gasteiger partial charge in [0.15, 0.2) is 0 Å². The second-order valence-corrected chi connectivity index (χ2v) is 9.82. The first kappa shape index (κ1) is 24.6. The largest absolute Gasteiger partial charge is 0.363 e. The summed E-state index contributed by atoms with van der Waals surface area (Å²) in [7, 11) is 1.68. The van der Waals surface area contributed by atoms with E-state index in [-0.39, 0.29) is 18.4 Å². The molecule has 0 radical (unpaired) electrons. The molecule has 2 aliphatic rings. The summed E-state index contributed by atoms with van der Waals surface area (Å²) in [5.74, 6) is -0.529. The molecule has 0 bridgehead atoms. The number of likely N-dealkylation sites (tertiary alicyclic amines) is 2. The fourth-order valence-electron chi connectivity index (χ4n) is 4.57. The topological polar surface area (TPSA) is 97.1 Å². The highest BCUT2D eigenvalue weighted by molar-refractivity contribution is 7.13. The molecule has 0 N–H and O–H groups in total. The molecule has 3 heterocycles. The van der Waals surface area contributed by atoms with Crippen molar-refractivity contribution in [1.29, 1.82) is 5.26 Å². The summed E-state index contributed by atoms with van der Waals surface area (Å²) in [6, 6.07) is 8.91. The Bertz CT molecular complexity index is 1160. The third-order valence-corrected chi connectivity index (χ3v) is 7.50. The zero-order valence-corrected chi connectivity index (χ0v) is 20.7. The molecule has 0 aliphatic carbocycles. The number of benzene rings is 1. The molecule has 1 aromatic heterocycles. The van der Waals surface area contributed by atoms with Crippen LogP contribution < -0.4 is 0 Å². The number of hydrogen-bond donors (Lipinski definition) is 0. The lowest BCUT2D eigenvalue weighted by Crippen LogP contribution is -2.36. The van der Waals surface area contributed by atoms with Gasteiger partial charge >= 0.3 is 0 Å². The second-order valence-electron chi connectivity index (χ2n) is 8.94. The molecule has 9 heteroatoms. The van der Waals surface area contributed by atoms with Crippen LogP contribution in [-0.2, 0) is 11.3 Å². The van der Waals surface area contributed by atoms with E-state index in [9.17, 15) is 19.6 Å². The Hall–Kier alpha value is -3.51. The Labute approximate surface area is 209 Å². The van der Waals surface area contributed by atoms with Gasteiger partial charge in [-0.05, 0) is 43.7 Å². The van der Waals surface area contributed by atoms with Crippen LogP contribution in [0.15, 0.2) is 34.6 Å². The first-order valence-corrected chi connectivity index (χ1v) is 12.8. The predicted octanol–water partition coefficient (Wildman–Crippen LogP) is 3.84. The lowest BCUT2D eigenvalue weighted by Gasteiger charge is -2.24. The number of rotatable bonds is 7. The van der Waals surface area contributed by atoms with E-state index in [1.54, 1.807) is 40.7 Å². The van der Waals surface area contributed by atoms with Gasteiger partial charge in [-0.2, -0.15) is 5.26 Å². The Morgan fingerprint density at radius 3 is 2.71 bits per heavy atom. The van der Waals surface area contributed by atoms with Crippen molar-refractivity contribution in [3.8, 4) is 6.07 Å². The van der Waals surface area contributed by atoms with Gasteiger partial charge in [0.2, 0.25) is 0 Å². The average molecular weight is 492 g/mol. The lowest BCUT2D eigenvalue weighted by molar-refractivity contribution is -0.111. The second kappa shape index (κ2) is 11.3. The highest BCUT2D eigenvalue weighted by Crippen LogP contribution is 2.35. The van der Waals surface area contributed by atoms with Crippen LogP contribution in [-0.4, -0.2) is 71.9 Å². The fraction of sp³-hybridized carbons (Fsp3) is 0.423. The van der Waals surface area contributed by atoms with Crippen molar-refractivity contribution < 1.29 is 14.4 Å². The van der Waals surface area contributed by atoms with Gasteiger partial charge in [0.05, 0.1) is 29.6 Å². The van der Waals surface area contributed by atoms with E-state index >= 15 is 0 Å². The number of nitrogens with zero attached hydrogens (tertiary/aromatic N) is 5. The van der Waals surface area contributed by atoms with Crippen molar-refractivity contribution >= 4 is 41.5 Å². The van der Waals surface area contributed by atoms with Crippen LogP contribution in [0.3, 0.4) is 0 Å². The minimum absolute atomic E-state index is 0.262. The molecule has 2 fully saturated rings. The molecule has 35 heavy (non-hydrogen) atoms. The van der Waals surface area contributed by atoms with Crippen LogP contribution in [0.4, 0.5) is 5.69 Å². The lowest BCUT2D eigenvalue weighted by atomic mass is 10.1. The zero-order chi connectivity index (χ0) is 24.8. The molecule has 0 spiro atoms. The van der Waals surface area contributed by atoms with E-state index < -0.39 is 6.04 Å². The SMILES string of the molecule is CN(Cc1ccccc1C#N)C(=O)c1scc(C(=O)N2CCCC2C=O)c1N=CN1CCCCC1. The molecule has 1 unspecified atom stereocenters. The maximum atomic E-state index is 13.5. The highest BCUT2D eigenvalue weighted by atomic mass is 32.1. The molecule has 2 aromatic rings. The molecule has 0 saturated carbocycles. The average Bonchev–Trinajstić information content (AvgIpc) is 3.54. The molecule has 2 amide bonds. The summed E-state index contributed by atoms with van der Waals surface area (Å²) < 4.78 is 0. The maximum absolute atomic E-state index is 13.5. The molecule has 4 rings (SSSR count). The zero-order valence-electron chi connectivity index (χ0n) is 19.9. The van der Waals surface area contributed by atoms with Crippen LogP contribution in [0.5, 0.6) is 0 Å². The van der Waals surface area contributed by atoms with E-state index in [4.69, 9.17) is 0 Å². The summed E-state index contributed by atoms with van der Waals surface area (Å²) in [5.41, 5.74) is 1.98. The molecule has 1 atom stereocenters. The number of piperidine rings is 1. The quantitative estimate of drug-likeness (QED) is 0.333. The van der Waals surface area contributed by atoms with E-state index in [0.717, 1.165) is 44.2 Å². The number of carbonyl (C=O) groups is 3. The van der Waals surface area contributed by atoms with E-state index in [1.165, 1.54) is 17.8 Å². The molecule has 2 saturated heterocycles. The fourth-order valence-corrected chi connectivity index (χ4v) is 5.54. The molecular formula is C26H29N5O3S. The number of amides is 2. The Morgan fingerprint density at radius 2 is 1.97 bits per heavy atom. The molecule has 8 nitrogen and oxygen atoms in total. The normalized spacial score (nSPS) is 18.0. The minimum Gasteiger partial charge on any atom is -0.363 e. The maximum Gasteiger partial charge on any atom is 0.266 e. The number of aliphatic imine (C=N–C) groups is 1. The molecule has 2 aliphatic heterocycles. The predicted molar refractivity (Wildman–Crippen MR) is 135 cm³/mol. The molecular weight excluding hydrogens is 462 g/mol. The number of carbonyl (C=O) groups excluding carboxylic acids is 3. The van der Waals surface area contributed by atoms with Gasteiger partial charge in [0.25, 0.3) is 11.8 Å². The van der Waals surface area contributed by atoms with Crippen LogP contribution >= 0.6 is 11.3 Å². The van der Waals surface area contributed by atoms with Crippen LogP contribution in [0, 0.1) is 11.3 Å². The van der Waals surface area contributed by atoms with Gasteiger partial charge in [-0.25, -0.2) is 4.99 Å². The van der Waals surface area contributed by atoms with Gasteiger partial charge in [-0.1, -0.05) is 18.2 Å². The molecule has 182 valence electrons. The van der Waals surface area contributed by atoms with E-state index in [0.29, 0.717) is 34.7 Å². The monoisotopic (exact) mass is 491 g/mol. The Balaban J connectivity index is 1.64. The summed E-state index contributed by atoms with van der Waals surface area (Å²) in [5, 5.41) is 11.1. The Kier molecular flexibility index (Phi) is 7.93. The van der Waals surface area contributed by atoms with Crippen molar-refractivity contribution in [1.82, 2.24) is 14.7 Å². The van der Waals surface area contributed by atoms with Gasteiger partial charge < -0.3 is 19.5 Å². The number of aldehydes is 1. The third kappa shape index (κ3) is 5.43. The number of nitriles is 1. The first-order valence-electron chi connectivity index (χ1n) is 11.9.